The normalized spacial score (nSPS) is 36.4. The second-order valence-electron chi connectivity index (χ2n) is 4.99. The predicted octanol–water partition coefficient (Wildman–Crippen LogP) is 1.35. The molecule has 0 spiro atoms. The number of hydrogen-bond acceptors (Lipinski definition) is 3. The van der Waals surface area contributed by atoms with E-state index in [0.717, 1.165) is 45.2 Å². The molecule has 1 aliphatic heterocycles. The first-order valence-corrected chi connectivity index (χ1v) is 6.20. The van der Waals surface area contributed by atoms with Crippen molar-refractivity contribution in [3.05, 3.63) is 0 Å². The molecule has 1 N–H and O–H groups in total. The maximum atomic E-state index is 10.9. The van der Waals surface area contributed by atoms with Crippen LogP contribution in [0.2, 0.25) is 0 Å². The number of methoxy groups -OCH3 is 1. The fourth-order valence-electron chi connectivity index (χ4n) is 2.97. The molecule has 0 amide bonds. The van der Waals surface area contributed by atoms with Crippen molar-refractivity contribution >= 4 is 5.97 Å². The lowest BCUT2D eigenvalue weighted by atomic mass is 9.92. The van der Waals surface area contributed by atoms with Crippen LogP contribution >= 0.6 is 0 Å². The van der Waals surface area contributed by atoms with Crippen LogP contribution in [0.15, 0.2) is 0 Å². The van der Waals surface area contributed by atoms with E-state index in [1.54, 1.807) is 7.11 Å². The van der Waals surface area contributed by atoms with E-state index < -0.39 is 5.97 Å². The van der Waals surface area contributed by atoms with Crippen LogP contribution < -0.4 is 0 Å². The smallest absolute Gasteiger partial charge is 0.307 e. The molecule has 16 heavy (non-hydrogen) atoms. The summed E-state index contributed by atoms with van der Waals surface area (Å²) in [5, 5.41) is 8.96. The molecule has 0 aromatic heterocycles. The second kappa shape index (κ2) is 5.15. The molecule has 0 aromatic carbocycles. The van der Waals surface area contributed by atoms with Gasteiger partial charge in [0.15, 0.2) is 0 Å². The molecule has 1 unspecified atom stereocenters. The number of likely N-dealkylation sites (tertiary alicyclic amines) is 1. The number of nitrogens with zero attached hydrogens (tertiary/aromatic N) is 1. The lowest BCUT2D eigenvalue weighted by Gasteiger charge is -2.34. The van der Waals surface area contributed by atoms with E-state index in [1.807, 2.05) is 0 Å². The molecule has 4 heteroatoms. The fourth-order valence-corrected chi connectivity index (χ4v) is 2.97. The summed E-state index contributed by atoms with van der Waals surface area (Å²) < 4.78 is 5.35. The molecule has 1 atom stereocenters. The number of aliphatic carboxylic acids is 1. The van der Waals surface area contributed by atoms with E-state index in [-0.39, 0.29) is 5.92 Å². The van der Waals surface area contributed by atoms with Crippen molar-refractivity contribution < 1.29 is 14.6 Å². The number of carboxylic acid groups (broad SMARTS) is 1. The molecule has 0 bridgehead atoms. The molecule has 1 saturated heterocycles. The molecule has 4 nitrogen and oxygen atoms in total. The third kappa shape index (κ3) is 2.55. The molecule has 0 aromatic rings. The third-order valence-corrected chi connectivity index (χ3v) is 4.06. The largest absolute Gasteiger partial charge is 0.481 e. The molecular formula is C12H21NO3. The Morgan fingerprint density at radius 2 is 1.94 bits per heavy atom. The third-order valence-electron chi connectivity index (χ3n) is 4.06. The van der Waals surface area contributed by atoms with Gasteiger partial charge in [0.2, 0.25) is 0 Å². The molecule has 2 aliphatic rings. The Kier molecular flexibility index (Phi) is 3.82. The van der Waals surface area contributed by atoms with Gasteiger partial charge in [-0.1, -0.05) is 0 Å². The number of hydrogen-bond donors (Lipinski definition) is 1. The van der Waals surface area contributed by atoms with Crippen LogP contribution in [0.4, 0.5) is 0 Å². The van der Waals surface area contributed by atoms with E-state index in [2.05, 4.69) is 4.90 Å². The van der Waals surface area contributed by atoms with Crippen LogP contribution in [-0.4, -0.2) is 48.3 Å². The van der Waals surface area contributed by atoms with E-state index in [9.17, 15) is 4.79 Å². The summed E-state index contributed by atoms with van der Waals surface area (Å²) in [6.45, 7) is 1.71. The molecule has 1 heterocycles. The second-order valence-corrected chi connectivity index (χ2v) is 4.99. The van der Waals surface area contributed by atoms with Crippen LogP contribution in [0.25, 0.3) is 0 Å². The molecule has 2 fully saturated rings. The van der Waals surface area contributed by atoms with Gasteiger partial charge < -0.3 is 9.84 Å². The molecular weight excluding hydrogens is 206 g/mol. The number of rotatable bonds is 3. The molecule has 92 valence electrons. The summed E-state index contributed by atoms with van der Waals surface area (Å²) in [4.78, 5) is 13.2. The van der Waals surface area contributed by atoms with Gasteiger partial charge in [-0.3, -0.25) is 9.69 Å². The Labute approximate surface area is 96.6 Å². The number of carbonyl (C=O) groups is 1. The number of carboxylic acids is 1. The van der Waals surface area contributed by atoms with Crippen LogP contribution in [-0.2, 0) is 9.53 Å². The van der Waals surface area contributed by atoms with Crippen molar-refractivity contribution in [1.29, 1.82) is 0 Å². The maximum Gasteiger partial charge on any atom is 0.307 e. The molecule has 1 saturated carbocycles. The lowest BCUT2D eigenvalue weighted by Crippen LogP contribution is -2.38. The van der Waals surface area contributed by atoms with Crippen molar-refractivity contribution in [2.45, 2.75) is 44.2 Å². The summed E-state index contributed by atoms with van der Waals surface area (Å²) in [6, 6.07) is 0.593. The van der Waals surface area contributed by atoms with Crippen molar-refractivity contribution in [2.24, 2.45) is 5.92 Å². The van der Waals surface area contributed by atoms with Crippen molar-refractivity contribution in [1.82, 2.24) is 4.90 Å². The van der Waals surface area contributed by atoms with E-state index in [1.165, 1.54) is 0 Å². The van der Waals surface area contributed by atoms with Crippen LogP contribution in [0.1, 0.15) is 32.1 Å². The predicted molar refractivity (Wildman–Crippen MR) is 60.4 cm³/mol. The highest BCUT2D eigenvalue weighted by Crippen LogP contribution is 2.28. The van der Waals surface area contributed by atoms with Gasteiger partial charge in [-0.05, 0) is 38.6 Å². The Hall–Kier alpha value is -0.610. The van der Waals surface area contributed by atoms with Crippen molar-refractivity contribution in [3.8, 4) is 0 Å². The quantitative estimate of drug-likeness (QED) is 0.790. The summed E-state index contributed by atoms with van der Waals surface area (Å²) >= 11 is 0. The summed E-state index contributed by atoms with van der Waals surface area (Å²) in [6.07, 6.45) is 5.80. The zero-order valence-electron chi connectivity index (χ0n) is 9.89. The minimum absolute atomic E-state index is 0.139. The zero-order chi connectivity index (χ0) is 11.5. The van der Waals surface area contributed by atoms with Crippen LogP contribution in [0, 0.1) is 5.92 Å². The van der Waals surface area contributed by atoms with Crippen LogP contribution in [0.5, 0.6) is 0 Å². The van der Waals surface area contributed by atoms with Gasteiger partial charge in [0, 0.05) is 19.7 Å². The molecule has 1 aliphatic carbocycles. The zero-order valence-corrected chi connectivity index (χ0v) is 9.89. The first-order valence-electron chi connectivity index (χ1n) is 6.20. The van der Waals surface area contributed by atoms with Gasteiger partial charge in [0.1, 0.15) is 0 Å². The lowest BCUT2D eigenvalue weighted by molar-refractivity contribution is -0.141. The van der Waals surface area contributed by atoms with E-state index in [0.29, 0.717) is 12.1 Å². The van der Waals surface area contributed by atoms with E-state index in [4.69, 9.17) is 9.84 Å². The highest BCUT2D eigenvalue weighted by Gasteiger charge is 2.33. The van der Waals surface area contributed by atoms with E-state index >= 15 is 0 Å². The van der Waals surface area contributed by atoms with Gasteiger partial charge in [-0.2, -0.15) is 0 Å². The SMILES string of the molecule is COC1CCC(N2CCC(C(=O)O)C2)CC1. The average molecular weight is 227 g/mol. The van der Waals surface area contributed by atoms with Crippen LogP contribution in [0.3, 0.4) is 0 Å². The molecule has 0 radical (unpaired) electrons. The van der Waals surface area contributed by atoms with Gasteiger partial charge in [-0.15, -0.1) is 0 Å². The first-order chi connectivity index (χ1) is 7.70. The summed E-state index contributed by atoms with van der Waals surface area (Å²) in [5.74, 6) is -0.770. The monoisotopic (exact) mass is 227 g/mol. The van der Waals surface area contributed by atoms with Gasteiger partial charge >= 0.3 is 5.97 Å². The first kappa shape index (κ1) is 11.9. The van der Waals surface area contributed by atoms with Gasteiger partial charge in [0.25, 0.3) is 0 Å². The summed E-state index contributed by atoms with van der Waals surface area (Å²) in [5.41, 5.74) is 0. The molecule has 2 rings (SSSR count). The Balaban J connectivity index is 1.80. The van der Waals surface area contributed by atoms with Crippen molar-refractivity contribution in [2.75, 3.05) is 20.2 Å². The van der Waals surface area contributed by atoms with Gasteiger partial charge in [0.05, 0.1) is 12.0 Å². The minimum Gasteiger partial charge on any atom is -0.481 e. The Morgan fingerprint density at radius 1 is 1.25 bits per heavy atom. The Morgan fingerprint density at radius 3 is 2.44 bits per heavy atom. The average Bonchev–Trinajstić information content (AvgIpc) is 2.78. The van der Waals surface area contributed by atoms with Gasteiger partial charge in [-0.25, -0.2) is 0 Å². The standard InChI is InChI=1S/C12H21NO3/c1-16-11-4-2-10(3-5-11)13-7-6-9(8-13)12(14)15/h9-11H,2-8H2,1H3,(H,14,15). The summed E-state index contributed by atoms with van der Waals surface area (Å²) in [7, 11) is 1.78. The fraction of sp³-hybridized carbons (Fsp3) is 0.917. The van der Waals surface area contributed by atoms with Crippen molar-refractivity contribution in [3.63, 3.8) is 0 Å². The topological polar surface area (TPSA) is 49.8 Å². The highest BCUT2D eigenvalue weighted by atomic mass is 16.5. The minimum atomic E-state index is -0.631. The number of ether oxygens (including phenoxy) is 1. The maximum absolute atomic E-state index is 10.9. The Bertz CT molecular complexity index is 249. The highest BCUT2D eigenvalue weighted by molar-refractivity contribution is 5.70.